The molecule has 0 bridgehead atoms. The molecule has 0 aliphatic carbocycles. The highest BCUT2D eigenvalue weighted by atomic mass is 19.1. The molecule has 0 saturated heterocycles. The molecule has 0 heterocycles. The summed E-state index contributed by atoms with van der Waals surface area (Å²) in [4.78, 5) is 13.8. The van der Waals surface area contributed by atoms with Gasteiger partial charge in [0.25, 0.3) is 0 Å². The zero-order chi connectivity index (χ0) is 17.7. The van der Waals surface area contributed by atoms with Gasteiger partial charge in [-0.1, -0.05) is 38.1 Å². The van der Waals surface area contributed by atoms with Crippen LogP contribution < -0.4 is 5.32 Å². The van der Waals surface area contributed by atoms with Gasteiger partial charge in [-0.2, -0.15) is 0 Å². The average molecular weight is 332 g/mol. The number of nitrogens with zero attached hydrogens (tertiary/aromatic N) is 1. The van der Waals surface area contributed by atoms with E-state index in [2.05, 4.69) is 31.3 Å². The van der Waals surface area contributed by atoms with Crippen molar-refractivity contribution in [2.24, 2.45) is 0 Å². The van der Waals surface area contributed by atoms with Gasteiger partial charge in [-0.05, 0) is 36.2 Å². The fourth-order valence-electron chi connectivity index (χ4n) is 2.40. The number of halogens is 2. The number of nitrogens with one attached hydrogen (secondary N) is 1. The Kier molecular flexibility index (Phi) is 6.04. The van der Waals surface area contributed by atoms with Crippen LogP contribution in [0.2, 0.25) is 0 Å². The standard InChI is InChI=1S/C19H22F2N2O/c1-13(2)15-6-4-14(5-7-15)11-23(3)12-19(24)22-18-9-8-16(20)10-17(18)21/h4-10,13H,11-12H2,1-3H3,(H,22,24). The minimum Gasteiger partial charge on any atom is -0.322 e. The first-order valence-electron chi connectivity index (χ1n) is 7.87. The predicted molar refractivity (Wildman–Crippen MR) is 91.9 cm³/mol. The lowest BCUT2D eigenvalue weighted by molar-refractivity contribution is -0.117. The highest BCUT2D eigenvalue weighted by Gasteiger charge is 2.11. The molecule has 1 amide bonds. The van der Waals surface area contributed by atoms with Crippen LogP contribution in [0.15, 0.2) is 42.5 Å². The highest BCUT2D eigenvalue weighted by Crippen LogP contribution is 2.16. The SMILES string of the molecule is CC(C)c1ccc(CN(C)CC(=O)Nc2ccc(F)cc2F)cc1. The lowest BCUT2D eigenvalue weighted by Gasteiger charge is -2.17. The van der Waals surface area contributed by atoms with Crippen molar-refractivity contribution in [3.8, 4) is 0 Å². The van der Waals surface area contributed by atoms with Crippen LogP contribution in [0.1, 0.15) is 30.9 Å². The van der Waals surface area contributed by atoms with Crippen molar-refractivity contribution in [1.82, 2.24) is 4.90 Å². The second-order valence-electron chi connectivity index (χ2n) is 6.24. The third-order valence-corrected chi connectivity index (χ3v) is 3.72. The van der Waals surface area contributed by atoms with Gasteiger partial charge in [0.2, 0.25) is 5.91 Å². The van der Waals surface area contributed by atoms with E-state index in [4.69, 9.17) is 0 Å². The van der Waals surface area contributed by atoms with Gasteiger partial charge in [0.05, 0.1) is 12.2 Å². The third-order valence-electron chi connectivity index (χ3n) is 3.72. The Morgan fingerprint density at radius 1 is 1.12 bits per heavy atom. The summed E-state index contributed by atoms with van der Waals surface area (Å²) in [5.41, 5.74) is 2.35. The van der Waals surface area contributed by atoms with Gasteiger partial charge in [-0.3, -0.25) is 9.69 Å². The van der Waals surface area contributed by atoms with E-state index in [1.807, 2.05) is 24.1 Å². The molecule has 0 unspecified atom stereocenters. The second-order valence-corrected chi connectivity index (χ2v) is 6.24. The van der Waals surface area contributed by atoms with Crippen LogP contribution in [0.3, 0.4) is 0 Å². The van der Waals surface area contributed by atoms with Gasteiger partial charge in [-0.25, -0.2) is 8.78 Å². The zero-order valence-electron chi connectivity index (χ0n) is 14.1. The van der Waals surface area contributed by atoms with Crippen LogP contribution in [-0.4, -0.2) is 24.4 Å². The van der Waals surface area contributed by atoms with Crippen LogP contribution in [0, 0.1) is 11.6 Å². The Balaban J connectivity index is 1.89. The smallest absolute Gasteiger partial charge is 0.238 e. The summed E-state index contributed by atoms with van der Waals surface area (Å²) in [6.07, 6.45) is 0. The molecule has 0 fully saturated rings. The summed E-state index contributed by atoms with van der Waals surface area (Å²) in [5, 5.41) is 2.46. The quantitative estimate of drug-likeness (QED) is 0.861. The molecule has 24 heavy (non-hydrogen) atoms. The van der Waals surface area contributed by atoms with Gasteiger partial charge >= 0.3 is 0 Å². The maximum Gasteiger partial charge on any atom is 0.238 e. The first kappa shape index (κ1) is 18.1. The Morgan fingerprint density at radius 3 is 2.38 bits per heavy atom. The van der Waals surface area contributed by atoms with E-state index in [-0.39, 0.29) is 18.1 Å². The van der Waals surface area contributed by atoms with Gasteiger partial charge in [0, 0.05) is 12.6 Å². The number of amides is 1. The molecule has 0 spiro atoms. The number of hydrogen-bond acceptors (Lipinski definition) is 2. The summed E-state index contributed by atoms with van der Waals surface area (Å²) in [6.45, 7) is 5.00. The molecular formula is C19H22F2N2O. The van der Waals surface area contributed by atoms with Crippen molar-refractivity contribution in [2.45, 2.75) is 26.3 Å². The number of carbonyl (C=O) groups excluding carboxylic acids is 1. The van der Waals surface area contributed by atoms with E-state index < -0.39 is 11.6 Å². The van der Waals surface area contributed by atoms with E-state index in [1.54, 1.807) is 0 Å². The highest BCUT2D eigenvalue weighted by molar-refractivity contribution is 5.92. The third kappa shape index (κ3) is 5.13. The maximum atomic E-state index is 13.5. The second kappa shape index (κ2) is 8.02. The predicted octanol–water partition coefficient (Wildman–Crippen LogP) is 4.16. The van der Waals surface area contributed by atoms with Gasteiger partial charge in [-0.15, -0.1) is 0 Å². The molecule has 0 radical (unpaired) electrons. The summed E-state index contributed by atoms with van der Waals surface area (Å²) in [7, 11) is 1.82. The van der Waals surface area contributed by atoms with Gasteiger partial charge in [0.1, 0.15) is 11.6 Å². The Hall–Kier alpha value is -2.27. The fourth-order valence-corrected chi connectivity index (χ4v) is 2.40. The number of carbonyl (C=O) groups is 1. The van der Waals surface area contributed by atoms with Crippen molar-refractivity contribution in [3.05, 3.63) is 65.2 Å². The molecule has 0 aliphatic rings. The molecule has 2 aromatic rings. The summed E-state index contributed by atoms with van der Waals surface area (Å²) >= 11 is 0. The summed E-state index contributed by atoms with van der Waals surface area (Å²) in [5.74, 6) is -1.32. The molecule has 0 aromatic heterocycles. The molecule has 0 saturated carbocycles. The molecule has 0 atom stereocenters. The number of likely N-dealkylation sites (N-methyl/N-ethyl adjacent to an activating group) is 1. The maximum absolute atomic E-state index is 13.5. The molecule has 0 aliphatic heterocycles. The largest absolute Gasteiger partial charge is 0.322 e. The number of anilines is 1. The molecular weight excluding hydrogens is 310 g/mol. The lowest BCUT2D eigenvalue weighted by Crippen LogP contribution is -2.30. The first-order chi connectivity index (χ1) is 11.3. The van der Waals surface area contributed by atoms with Crippen molar-refractivity contribution in [2.75, 3.05) is 18.9 Å². The van der Waals surface area contributed by atoms with E-state index in [0.717, 1.165) is 17.7 Å². The fraction of sp³-hybridized carbons (Fsp3) is 0.316. The first-order valence-corrected chi connectivity index (χ1v) is 7.87. The minimum absolute atomic E-state index is 0.0175. The average Bonchev–Trinajstić information content (AvgIpc) is 2.50. The molecule has 5 heteroatoms. The number of rotatable bonds is 6. The lowest BCUT2D eigenvalue weighted by atomic mass is 10.0. The minimum atomic E-state index is -0.782. The van der Waals surface area contributed by atoms with Crippen LogP contribution in [0.25, 0.3) is 0 Å². The van der Waals surface area contributed by atoms with E-state index >= 15 is 0 Å². The van der Waals surface area contributed by atoms with Crippen molar-refractivity contribution in [1.29, 1.82) is 0 Å². The monoisotopic (exact) mass is 332 g/mol. The van der Waals surface area contributed by atoms with Crippen molar-refractivity contribution < 1.29 is 13.6 Å². The zero-order valence-corrected chi connectivity index (χ0v) is 14.1. The summed E-state index contributed by atoms with van der Waals surface area (Å²) < 4.78 is 26.4. The van der Waals surface area contributed by atoms with Crippen LogP contribution in [0.4, 0.5) is 14.5 Å². The molecule has 1 N–H and O–H groups in total. The van der Waals surface area contributed by atoms with Crippen molar-refractivity contribution >= 4 is 11.6 Å². The summed E-state index contributed by atoms with van der Waals surface area (Å²) in [6, 6.07) is 11.3. The Labute approximate surface area is 141 Å². The van der Waals surface area contributed by atoms with E-state index in [0.29, 0.717) is 12.5 Å². The Bertz CT molecular complexity index is 699. The topological polar surface area (TPSA) is 32.3 Å². The van der Waals surface area contributed by atoms with E-state index in [1.165, 1.54) is 11.6 Å². The molecule has 3 nitrogen and oxygen atoms in total. The normalized spacial score (nSPS) is 11.1. The van der Waals surface area contributed by atoms with Crippen LogP contribution >= 0.6 is 0 Å². The number of benzene rings is 2. The van der Waals surface area contributed by atoms with Crippen molar-refractivity contribution in [3.63, 3.8) is 0 Å². The van der Waals surface area contributed by atoms with Gasteiger partial charge in [0.15, 0.2) is 0 Å². The molecule has 2 aromatic carbocycles. The van der Waals surface area contributed by atoms with Gasteiger partial charge < -0.3 is 5.32 Å². The number of hydrogen-bond donors (Lipinski definition) is 1. The Morgan fingerprint density at radius 2 is 1.79 bits per heavy atom. The van der Waals surface area contributed by atoms with Crippen LogP contribution in [-0.2, 0) is 11.3 Å². The molecule has 2 rings (SSSR count). The molecule has 128 valence electrons. The van der Waals surface area contributed by atoms with Crippen LogP contribution in [0.5, 0.6) is 0 Å². The van der Waals surface area contributed by atoms with E-state index in [9.17, 15) is 13.6 Å².